The third-order valence-electron chi connectivity index (χ3n) is 26.0. The van der Waals surface area contributed by atoms with Crippen LogP contribution in [-0.2, 0) is 9.31 Å². The average molecular weight is 1730 g/mol. The smallest absolute Gasteiger partial charge is 0.389 e. The van der Waals surface area contributed by atoms with Gasteiger partial charge in [0.1, 0.15) is 6.79 Å². The van der Waals surface area contributed by atoms with Gasteiger partial charge in [0.05, 0.1) is 0 Å². The first kappa shape index (κ1) is 94.0. The molecule has 2 saturated carbocycles. The fourth-order valence-electron chi connectivity index (χ4n) is 18.3. The average Bonchev–Trinajstić information content (AvgIpc) is 1.03. The molecule has 8 atom stereocenters. The molecule has 11 aliphatic carbocycles. The molecule has 12 aromatic carbocycles. The van der Waals surface area contributed by atoms with Crippen molar-refractivity contribution in [3.05, 3.63) is 486 Å². The summed E-state index contributed by atoms with van der Waals surface area (Å²) in [5, 5.41) is 0. The Labute approximate surface area is 766 Å². The Bertz CT molecular complexity index is 5030. The van der Waals surface area contributed by atoms with Gasteiger partial charge in [-0.05, 0) is 85.3 Å². The van der Waals surface area contributed by atoms with Crippen molar-refractivity contribution in [1.29, 1.82) is 0 Å². The Morgan fingerprint density at radius 1 is 0.229 bits per heavy atom. The Hall–Kier alpha value is -14.6. The Balaban J connectivity index is 0.000000125. The van der Waals surface area contributed by atoms with Crippen LogP contribution in [0.4, 0.5) is 0 Å². The summed E-state index contributed by atoms with van der Waals surface area (Å²) in [5.41, 5.74) is 12.1. The molecule has 14 nitrogen and oxygen atoms in total. The Morgan fingerprint density at radius 2 is 0.359 bits per heavy atom. The molecule has 24 rings (SSSR count). The van der Waals surface area contributed by atoms with E-state index in [9.17, 15) is 57.5 Å². The van der Waals surface area contributed by atoms with E-state index in [1.165, 1.54) is 19.3 Å². The van der Waals surface area contributed by atoms with E-state index in [0.717, 1.165) is 47.3 Å². The maximum atomic E-state index is 12.1. The van der Waals surface area contributed by atoms with Crippen LogP contribution in [0.15, 0.2) is 353 Å². The van der Waals surface area contributed by atoms with Gasteiger partial charge in [0.25, 0.3) is 0 Å². The second kappa shape index (κ2) is 42.5. The van der Waals surface area contributed by atoms with Crippen LogP contribution in [0, 0.1) is 59.2 Å². The Morgan fingerprint density at radius 3 is 0.427 bits per heavy atom. The summed E-state index contributed by atoms with van der Waals surface area (Å²) in [6, 6.07) is 83.4. The van der Waals surface area contributed by atoms with Crippen molar-refractivity contribution in [2.75, 3.05) is 6.79 Å². The summed E-state index contributed by atoms with van der Waals surface area (Å²) in [5.74, 6) is 7.64. The molecule has 1 saturated heterocycles. The number of hydrogen-bond donors (Lipinski definition) is 0. The van der Waals surface area contributed by atoms with E-state index in [0.29, 0.717) is 152 Å². The summed E-state index contributed by atoms with van der Waals surface area (Å²) in [6.07, 6.45) is 22.3. The van der Waals surface area contributed by atoms with Crippen LogP contribution in [0.25, 0.3) is 0 Å². The van der Waals surface area contributed by atoms with Crippen LogP contribution < -0.4 is 0 Å². The predicted octanol–water partition coefficient (Wildman–Crippen LogP) is 24.0. The van der Waals surface area contributed by atoms with E-state index >= 15 is 0 Å². The molecule has 654 valence electrons. The molecule has 0 N–H and O–H groups in total. The number of carbonyl (C=O) groups excluding carboxylic acids is 12. The normalized spacial score (nSPS) is 20.4. The maximum Gasteiger partial charge on any atom is 0.456 e. The number of hydrogen-bond acceptors (Lipinski definition) is 14. The SMILES string of the molecule is C.C1=CC2C=CC1C2.C=CC1CC(C=C)C(C)C1C.CB1OCO1.CC.CC1C2C=CC(C2)C1C.O=C1c2ccccc2C(=O)c2ccccc21.O=C1c2ccccc2C(=O)c2ccccc21.O=C1c2ccccc2C(=O)c2ccccc21.O=C1c2ccccc2C(=O)c2ccccc21.O=C1c2ccccc2C(=O)c2ccccc21.O=C1c2ccccc2C(=O)c2ccccc21. The van der Waals surface area contributed by atoms with Gasteiger partial charge in [-0.3, -0.25) is 57.5 Å². The zero-order valence-corrected chi connectivity index (χ0v) is 73.6. The molecule has 15 heteroatoms. The molecule has 3 fully saturated rings. The number of carbonyl (C=O) groups is 12. The minimum Gasteiger partial charge on any atom is -0.389 e. The van der Waals surface area contributed by atoms with Crippen molar-refractivity contribution in [1.82, 2.24) is 0 Å². The molecule has 4 bridgehead atoms. The molecule has 12 aromatic rings. The molecule has 8 unspecified atom stereocenters. The summed E-state index contributed by atoms with van der Waals surface area (Å²) in [7, 11) is 0.0648. The molecular weight excluding hydrogens is 1630 g/mol. The van der Waals surface area contributed by atoms with Gasteiger partial charge in [-0.15, -0.1) is 13.2 Å². The second-order valence-corrected chi connectivity index (χ2v) is 33.3. The van der Waals surface area contributed by atoms with Crippen molar-refractivity contribution < 1.29 is 66.8 Å². The molecule has 0 aromatic heterocycles. The van der Waals surface area contributed by atoms with Crippen LogP contribution >= 0.6 is 0 Å². The van der Waals surface area contributed by atoms with E-state index in [-0.39, 0.29) is 83.9 Å². The van der Waals surface area contributed by atoms with Crippen molar-refractivity contribution in [2.24, 2.45) is 59.2 Å². The van der Waals surface area contributed by atoms with E-state index in [4.69, 9.17) is 9.31 Å². The first-order valence-corrected chi connectivity index (χ1v) is 44.2. The zero-order chi connectivity index (χ0) is 92.0. The number of benzene rings is 12. The minimum absolute atomic E-state index is 0. The lowest BCUT2D eigenvalue weighted by Crippen LogP contribution is -2.31. The van der Waals surface area contributed by atoms with E-state index in [1.54, 1.807) is 291 Å². The monoisotopic (exact) mass is 1730 g/mol. The molecule has 12 aliphatic rings. The summed E-state index contributed by atoms with van der Waals surface area (Å²) in [4.78, 5) is 145. The topological polar surface area (TPSA) is 223 Å². The highest BCUT2D eigenvalue weighted by molar-refractivity contribution is 6.44. The second-order valence-electron chi connectivity index (χ2n) is 33.3. The van der Waals surface area contributed by atoms with Gasteiger partial charge in [-0.25, -0.2) is 0 Å². The van der Waals surface area contributed by atoms with Crippen LogP contribution in [0.1, 0.15) is 259 Å². The largest absolute Gasteiger partial charge is 0.456 e. The highest BCUT2D eigenvalue weighted by Crippen LogP contribution is 2.47. The predicted molar refractivity (Wildman–Crippen MR) is 514 cm³/mol. The lowest BCUT2D eigenvalue weighted by molar-refractivity contribution is -0.00869. The molecule has 1 aliphatic heterocycles. The number of rotatable bonds is 2. The fourth-order valence-corrected chi connectivity index (χ4v) is 18.3. The molecule has 0 radical (unpaired) electrons. The molecule has 1 heterocycles. The fraction of sp³-hybridized carbons (Fsp3) is 0.190. The van der Waals surface area contributed by atoms with Gasteiger partial charge in [-0.2, -0.15) is 0 Å². The van der Waals surface area contributed by atoms with Crippen LogP contribution in [0.2, 0.25) is 6.82 Å². The first-order valence-electron chi connectivity index (χ1n) is 44.2. The van der Waals surface area contributed by atoms with Crippen molar-refractivity contribution in [3.8, 4) is 0 Å². The Kier molecular flexibility index (Phi) is 30.5. The van der Waals surface area contributed by atoms with E-state index in [1.807, 2.05) is 20.7 Å². The van der Waals surface area contributed by atoms with Gasteiger partial charge in [0, 0.05) is 134 Å². The number of ketones is 12. The zero-order valence-electron chi connectivity index (χ0n) is 73.6. The van der Waals surface area contributed by atoms with Crippen LogP contribution in [0.5, 0.6) is 0 Å². The summed E-state index contributed by atoms with van der Waals surface area (Å²) in [6.45, 7) is 23.5. The molecule has 0 amide bonds. The van der Waals surface area contributed by atoms with Crippen molar-refractivity contribution in [3.63, 3.8) is 0 Å². The van der Waals surface area contributed by atoms with Crippen molar-refractivity contribution in [2.45, 2.75) is 75.1 Å². The van der Waals surface area contributed by atoms with E-state index in [2.05, 4.69) is 89.5 Å². The van der Waals surface area contributed by atoms with E-state index < -0.39 is 0 Å². The van der Waals surface area contributed by atoms with Crippen molar-refractivity contribution >= 4 is 76.5 Å². The molecule has 131 heavy (non-hydrogen) atoms. The first-order chi connectivity index (χ1) is 63.1. The minimum atomic E-state index is -0.0641. The van der Waals surface area contributed by atoms with Gasteiger partial charge in [-0.1, -0.05) is 389 Å². The quantitative estimate of drug-likeness (QED) is 0.116. The third-order valence-corrected chi connectivity index (χ3v) is 26.0. The van der Waals surface area contributed by atoms with Crippen LogP contribution in [-0.4, -0.2) is 83.3 Å². The lowest BCUT2D eigenvalue weighted by atomic mass is 9.84. The number of allylic oxidation sites excluding steroid dienone is 8. The molecule has 0 spiro atoms. The standard InChI is InChI=1S/6C14H8O2.C11H18.C9H14.C7H8.C2H5BO2.C2H6.CH4/c6*15-13-9-5-1-2-6-10(9)14(16)12-8-4-3-7-11(12)13;1-5-10-7-11(6-2)9(4)8(10)3;1-6-7(2)9-4-3-8(6)5-9;1-2-7-4-3-6(1)5-7;1-3-4-2-5-3;1-2;/h6*1-8H;5-6,8-11H,1-2,7H2,3-4H3;3-4,6-9H,5H2,1-2H3;1-4,6-7H,5H2;2H2,1H3;1-2H3;1H4. The summed E-state index contributed by atoms with van der Waals surface area (Å²) < 4.78 is 9.42. The summed E-state index contributed by atoms with van der Waals surface area (Å²) >= 11 is 0. The van der Waals surface area contributed by atoms with Gasteiger partial charge in [0.2, 0.25) is 0 Å². The van der Waals surface area contributed by atoms with Crippen LogP contribution in [0.3, 0.4) is 0 Å². The maximum absolute atomic E-state index is 12.1. The van der Waals surface area contributed by atoms with Gasteiger partial charge >= 0.3 is 7.12 Å². The lowest BCUT2D eigenvalue weighted by Gasteiger charge is -2.19. The van der Waals surface area contributed by atoms with Gasteiger partial charge < -0.3 is 9.31 Å². The molecular formula is C116H103BO14. The van der Waals surface area contributed by atoms with Gasteiger partial charge in [0.15, 0.2) is 69.4 Å². The highest BCUT2D eigenvalue weighted by atomic mass is 16.8. The third kappa shape index (κ3) is 19.7. The highest BCUT2D eigenvalue weighted by Gasteiger charge is 2.40. The number of fused-ring (bicyclic) bond motifs is 16.